The summed E-state index contributed by atoms with van der Waals surface area (Å²) in [4.78, 5) is 13.4. The smallest absolute Gasteiger partial charge is 0.228 e. The highest BCUT2D eigenvalue weighted by atomic mass is 16.1. The number of nitrogens with two attached hydrogens (primary N) is 1. The average Bonchev–Trinajstić information content (AvgIpc) is 2.77. The van der Waals surface area contributed by atoms with Crippen LogP contribution in [-0.4, -0.2) is 13.0 Å². The molecule has 1 aliphatic rings. The molecule has 4 heteroatoms. The first-order valence-electron chi connectivity index (χ1n) is 6.16. The summed E-state index contributed by atoms with van der Waals surface area (Å²) in [5, 5.41) is 2.85. The maximum atomic E-state index is 11.4. The van der Waals surface area contributed by atoms with Gasteiger partial charge in [0.05, 0.1) is 17.8 Å². The number of hydrogen-bond donors (Lipinski definition) is 2. The van der Waals surface area contributed by atoms with Gasteiger partial charge in [-0.2, -0.15) is 0 Å². The van der Waals surface area contributed by atoms with Crippen molar-refractivity contribution in [1.82, 2.24) is 0 Å². The second kappa shape index (κ2) is 4.31. The maximum absolute atomic E-state index is 11.4. The van der Waals surface area contributed by atoms with Gasteiger partial charge < -0.3 is 16.0 Å². The van der Waals surface area contributed by atoms with Crippen LogP contribution in [-0.2, 0) is 11.2 Å². The van der Waals surface area contributed by atoms with E-state index >= 15 is 0 Å². The second-order valence-electron chi connectivity index (χ2n) is 4.69. The number of para-hydroxylation sites is 1. The zero-order valence-electron chi connectivity index (χ0n) is 10.7. The quantitative estimate of drug-likeness (QED) is 0.809. The van der Waals surface area contributed by atoms with Gasteiger partial charge in [-0.25, -0.2) is 0 Å². The molecule has 0 fully saturated rings. The van der Waals surface area contributed by atoms with Crippen LogP contribution in [0.4, 0.5) is 22.7 Å². The first-order chi connectivity index (χ1) is 9.15. The van der Waals surface area contributed by atoms with E-state index in [1.807, 2.05) is 54.4 Å². The van der Waals surface area contributed by atoms with Crippen LogP contribution in [0.15, 0.2) is 42.5 Å². The predicted molar refractivity (Wildman–Crippen MR) is 77.7 cm³/mol. The Hall–Kier alpha value is -2.49. The largest absolute Gasteiger partial charge is 0.397 e. The number of nitrogen functional groups attached to an aromatic ring is 1. The zero-order chi connectivity index (χ0) is 13.4. The van der Waals surface area contributed by atoms with E-state index in [1.54, 1.807) is 0 Å². The standard InChI is InChI=1S/C15H15N3O/c1-18(11-5-3-2-4-6-11)14-9-13-10(7-12(14)16)8-15(19)17-13/h2-7,9H,8,16H2,1H3,(H,17,19). The third-order valence-corrected chi connectivity index (χ3v) is 3.38. The van der Waals surface area contributed by atoms with E-state index in [2.05, 4.69) is 5.32 Å². The van der Waals surface area contributed by atoms with E-state index in [-0.39, 0.29) is 5.91 Å². The molecule has 0 saturated heterocycles. The van der Waals surface area contributed by atoms with Crippen molar-refractivity contribution in [2.24, 2.45) is 0 Å². The number of nitrogens with zero attached hydrogens (tertiary/aromatic N) is 1. The lowest BCUT2D eigenvalue weighted by molar-refractivity contribution is -0.115. The Balaban J connectivity index is 2.02. The van der Waals surface area contributed by atoms with Gasteiger partial charge >= 0.3 is 0 Å². The van der Waals surface area contributed by atoms with Gasteiger partial charge in [0.2, 0.25) is 5.91 Å². The SMILES string of the molecule is CN(c1ccccc1)c1cc2c(cc1N)CC(=O)N2. The van der Waals surface area contributed by atoms with Crippen LogP contribution in [0.3, 0.4) is 0 Å². The van der Waals surface area contributed by atoms with Crippen LogP contribution >= 0.6 is 0 Å². The Kier molecular flexibility index (Phi) is 2.63. The molecule has 3 N–H and O–H groups in total. The van der Waals surface area contributed by atoms with E-state index in [0.29, 0.717) is 12.1 Å². The summed E-state index contributed by atoms with van der Waals surface area (Å²) in [6.45, 7) is 0. The lowest BCUT2D eigenvalue weighted by Crippen LogP contribution is -2.12. The molecule has 19 heavy (non-hydrogen) atoms. The average molecular weight is 253 g/mol. The second-order valence-corrected chi connectivity index (χ2v) is 4.69. The maximum Gasteiger partial charge on any atom is 0.228 e. The number of amides is 1. The molecule has 0 atom stereocenters. The molecule has 1 aliphatic heterocycles. The van der Waals surface area contributed by atoms with Gasteiger partial charge in [-0.05, 0) is 29.8 Å². The molecule has 0 unspecified atom stereocenters. The Bertz CT molecular complexity index is 637. The topological polar surface area (TPSA) is 58.4 Å². The molecule has 96 valence electrons. The van der Waals surface area contributed by atoms with Crippen LogP contribution in [0.1, 0.15) is 5.56 Å². The summed E-state index contributed by atoms with van der Waals surface area (Å²) in [6.07, 6.45) is 0.412. The number of hydrogen-bond acceptors (Lipinski definition) is 3. The minimum absolute atomic E-state index is 0.0221. The van der Waals surface area contributed by atoms with Crippen LogP contribution in [0.2, 0.25) is 0 Å². The Labute approximate surface area is 111 Å². The number of nitrogens with one attached hydrogen (secondary N) is 1. The number of carbonyl (C=O) groups is 1. The van der Waals surface area contributed by atoms with Crippen molar-refractivity contribution in [2.75, 3.05) is 23.0 Å². The van der Waals surface area contributed by atoms with Crippen LogP contribution in [0.5, 0.6) is 0 Å². The number of fused-ring (bicyclic) bond motifs is 1. The van der Waals surface area contributed by atoms with E-state index in [4.69, 9.17) is 5.73 Å². The van der Waals surface area contributed by atoms with Gasteiger partial charge in [0, 0.05) is 18.4 Å². The molecule has 4 nitrogen and oxygen atoms in total. The Morgan fingerprint density at radius 3 is 2.68 bits per heavy atom. The van der Waals surface area contributed by atoms with Crippen LogP contribution < -0.4 is 16.0 Å². The molecule has 0 radical (unpaired) electrons. The van der Waals surface area contributed by atoms with Gasteiger partial charge in [0.25, 0.3) is 0 Å². The fourth-order valence-electron chi connectivity index (χ4n) is 2.36. The van der Waals surface area contributed by atoms with Crippen LogP contribution in [0, 0.1) is 0 Å². The van der Waals surface area contributed by atoms with Crippen molar-refractivity contribution in [1.29, 1.82) is 0 Å². The van der Waals surface area contributed by atoms with E-state index in [1.165, 1.54) is 0 Å². The third-order valence-electron chi connectivity index (χ3n) is 3.38. The number of anilines is 4. The molecule has 1 heterocycles. The van der Waals surface area contributed by atoms with Gasteiger partial charge in [0.15, 0.2) is 0 Å². The lowest BCUT2D eigenvalue weighted by Gasteiger charge is -2.22. The molecule has 2 aromatic rings. The molecule has 3 rings (SSSR count). The summed E-state index contributed by atoms with van der Waals surface area (Å²) < 4.78 is 0. The van der Waals surface area contributed by atoms with Crippen molar-refractivity contribution in [3.63, 3.8) is 0 Å². The highest BCUT2D eigenvalue weighted by Crippen LogP contribution is 2.35. The van der Waals surface area contributed by atoms with E-state index in [0.717, 1.165) is 22.6 Å². The fourth-order valence-corrected chi connectivity index (χ4v) is 2.36. The normalized spacial score (nSPS) is 13.0. The first kappa shape index (κ1) is 11.6. The molecule has 0 aromatic heterocycles. The zero-order valence-corrected chi connectivity index (χ0v) is 10.7. The minimum Gasteiger partial charge on any atom is -0.397 e. The first-order valence-corrected chi connectivity index (χ1v) is 6.16. The van der Waals surface area contributed by atoms with E-state index < -0.39 is 0 Å². The lowest BCUT2D eigenvalue weighted by atomic mass is 10.1. The summed E-state index contributed by atoms with van der Waals surface area (Å²) in [7, 11) is 1.96. The summed E-state index contributed by atoms with van der Waals surface area (Å²) in [5.74, 6) is 0.0221. The molecule has 1 amide bonds. The van der Waals surface area contributed by atoms with Crippen molar-refractivity contribution in [3.05, 3.63) is 48.0 Å². The van der Waals surface area contributed by atoms with Crippen molar-refractivity contribution < 1.29 is 4.79 Å². The molecule has 0 spiro atoms. The highest BCUT2D eigenvalue weighted by molar-refractivity contribution is 6.01. The molecular weight excluding hydrogens is 238 g/mol. The molecule has 0 saturated carbocycles. The van der Waals surface area contributed by atoms with Crippen molar-refractivity contribution in [3.8, 4) is 0 Å². The molecule has 0 bridgehead atoms. The third kappa shape index (κ3) is 2.01. The van der Waals surface area contributed by atoms with Gasteiger partial charge in [-0.1, -0.05) is 18.2 Å². The number of benzene rings is 2. The van der Waals surface area contributed by atoms with Crippen molar-refractivity contribution in [2.45, 2.75) is 6.42 Å². The number of rotatable bonds is 2. The van der Waals surface area contributed by atoms with E-state index in [9.17, 15) is 4.79 Å². The van der Waals surface area contributed by atoms with Gasteiger partial charge in [0.1, 0.15) is 0 Å². The fraction of sp³-hybridized carbons (Fsp3) is 0.133. The van der Waals surface area contributed by atoms with Gasteiger partial charge in [-0.3, -0.25) is 4.79 Å². The Morgan fingerprint density at radius 2 is 1.95 bits per heavy atom. The van der Waals surface area contributed by atoms with Crippen LogP contribution in [0.25, 0.3) is 0 Å². The predicted octanol–water partition coefficient (Wildman–Crippen LogP) is 2.53. The summed E-state index contributed by atoms with van der Waals surface area (Å²) in [6, 6.07) is 13.8. The van der Waals surface area contributed by atoms with Gasteiger partial charge in [-0.15, -0.1) is 0 Å². The monoisotopic (exact) mass is 253 g/mol. The van der Waals surface area contributed by atoms with Crippen molar-refractivity contribution >= 4 is 28.7 Å². The summed E-state index contributed by atoms with van der Waals surface area (Å²) in [5.41, 5.74) is 10.6. The molecular formula is C15H15N3O. The Morgan fingerprint density at radius 1 is 1.21 bits per heavy atom. The summed E-state index contributed by atoms with van der Waals surface area (Å²) >= 11 is 0. The molecule has 0 aliphatic carbocycles. The minimum atomic E-state index is 0.0221. The highest BCUT2D eigenvalue weighted by Gasteiger charge is 2.20. The number of carbonyl (C=O) groups excluding carboxylic acids is 1. The molecule has 2 aromatic carbocycles.